The molecule has 0 atom stereocenters. The summed E-state index contributed by atoms with van der Waals surface area (Å²) >= 11 is 5.66. The fourth-order valence-corrected chi connectivity index (χ4v) is 2.12. The van der Waals surface area contributed by atoms with Crippen LogP contribution in [0.1, 0.15) is 23.2 Å². The van der Waals surface area contributed by atoms with E-state index in [0.29, 0.717) is 18.4 Å². The van der Waals surface area contributed by atoms with E-state index in [1.807, 2.05) is 0 Å². The van der Waals surface area contributed by atoms with Crippen LogP contribution in [-0.4, -0.2) is 20.5 Å². The highest BCUT2D eigenvalue weighted by Crippen LogP contribution is 2.45. The summed E-state index contributed by atoms with van der Waals surface area (Å²) in [6.45, 7) is 0. The third kappa shape index (κ3) is 1.71. The lowest BCUT2D eigenvalue weighted by Crippen LogP contribution is -2.28. The van der Waals surface area contributed by atoms with E-state index < -0.39 is 5.54 Å². The Morgan fingerprint density at radius 2 is 2.00 bits per heavy atom. The fourth-order valence-electron chi connectivity index (χ4n) is 2.00. The molecule has 0 spiro atoms. The molecule has 18 heavy (non-hydrogen) atoms. The molecular weight excluding hydrogens is 257 g/mol. The maximum Gasteiger partial charge on any atom is 0.242 e. The Morgan fingerprint density at radius 1 is 1.33 bits per heavy atom. The summed E-state index contributed by atoms with van der Waals surface area (Å²) in [7, 11) is 0. The predicted molar refractivity (Wildman–Crippen MR) is 63.0 cm³/mol. The van der Waals surface area contributed by atoms with Crippen LogP contribution in [-0.2, 0) is 5.54 Å². The van der Waals surface area contributed by atoms with Crippen molar-refractivity contribution >= 4 is 17.4 Å². The van der Waals surface area contributed by atoms with Gasteiger partial charge in [0.15, 0.2) is 5.78 Å². The molecule has 1 fully saturated rings. The Hall–Kier alpha value is -1.75. The van der Waals surface area contributed by atoms with Crippen molar-refractivity contribution in [3.05, 3.63) is 47.3 Å². The van der Waals surface area contributed by atoms with Crippen LogP contribution in [0.3, 0.4) is 0 Å². The first kappa shape index (κ1) is 11.3. The number of carbonyl (C=O) groups is 1. The molecule has 2 aromatic rings. The Morgan fingerprint density at radius 3 is 2.50 bits per heavy atom. The van der Waals surface area contributed by atoms with Gasteiger partial charge in [0.25, 0.3) is 0 Å². The first-order valence-electron chi connectivity index (χ1n) is 5.50. The quantitative estimate of drug-likeness (QED) is 0.801. The number of carbonyl (C=O) groups excluding carboxylic acids is 1. The number of benzene rings is 1. The third-order valence-corrected chi connectivity index (χ3v) is 3.33. The van der Waals surface area contributed by atoms with Crippen LogP contribution in [0, 0.1) is 5.82 Å². The van der Waals surface area contributed by atoms with E-state index in [-0.39, 0.29) is 16.9 Å². The number of halogens is 2. The van der Waals surface area contributed by atoms with E-state index in [2.05, 4.69) is 10.1 Å². The van der Waals surface area contributed by atoms with Crippen molar-refractivity contribution in [1.29, 1.82) is 0 Å². The van der Waals surface area contributed by atoms with Gasteiger partial charge in [0, 0.05) is 5.56 Å². The highest BCUT2D eigenvalue weighted by Gasteiger charge is 2.52. The van der Waals surface area contributed by atoms with Crippen molar-refractivity contribution < 1.29 is 9.18 Å². The molecule has 1 heterocycles. The summed E-state index contributed by atoms with van der Waals surface area (Å²) in [5, 5.41) is 4.10. The number of aromatic nitrogens is 3. The molecule has 92 valence electrons. The van der Waals surface area contributed by atoms with Crippen LogP contribution in [0.15, 0.2) is 30.6 Å². The van der Waals surface area contributed by atoms with E-state index in [4.69, 9.17) is 11.6 Å². The number of Topliss-reactive ketones (excluding diaryl/α,β-unsaturated/α-hetero) is 1. The van der Waals surface area contributed by atoms with Crippen LogP contribution < -0.4 is 0 Å². The van der Waals surface area contributed by atoms with Crippen molar-refractivity contribution in [2.45, 2.75) is 18.4 Å². The lowest BCUT2D eigenvalue weighted by atomic mass is 10.0. The zero-order chi connectivity index (χ0) is 12.8. The molecule has 6 heteroatoms. The Bertz CT molecular complexity index is 604. The first-order chi connectivity index (χ1) is 8.62. The molecule has 1 aliphatic rings. The smallest absolute Gasteiger partial charge is 0.242 e. The van der Waals surface area contributed by atoms with Crippen molar-refractivity contribution in [3.8, 4) is 0 Å². The van der Waals surface area contributed by atoms with Crippen molar-refractivity contribution in [1.82, 2.24) is 14.8 Å². The van der Waals surface area contributed by atoms with Gasteiger partial charge in [0.05, 0.1) is 0 Å². The summed E-state index contributed by atoms with van der Waals surface area (Å²) < 4.78 is 14.3. The normalized spacial score (nSPS) is 16.6. The minimum Gasteiger partial charge on any atom is -0.291 e. The second kappa shape index (κ2) is 3.88. The van der Waals surface area contributed by atoms with E-state index in [1.54, 1.807) is 0 Å². The second-order valence-corrected chi connectivity index (χ2v) is 4.66. The van der Waals surface area contributed by atoms with Crippen LogP contribution in [0.5, 0.6) is 0 Å². The number of hydrogen-bond donors (Lipinski definition) is 0. The van der Waals surface area contributed by atoms with Gasteiger partial charge in [-0.3, -0.25) is 4.79 Å². The van der Waals surface area contributed by atoms with Gasteiger partial charge >= 0.3 is 0 Å². The Labute approximate surface area is 107 Å². The molecule has 0 amide bonds. The zero-order valence-electron chi connectivity index (χ0n) is 9.31. The first-order valence-corrected chi connectivity index (χ1v) is 5.88. The van der Waals surface area contributed by atoms with Gasteiger partial charge in [-0.2, -0.15) is 0 Å². The summed E-state index contributed by atoms with van der Waals surface area (Å²) in [5.74, 6) is -0.440. The summed E-state index contributed by atoms with van der Waals surface area (Å²) in [5.41, 5.74) is -0.210. The monoisotopic (exact) mass is 265 g/mol. The summed E-state index contributed by atoms with van der Waals surface area (Å²) in [4.78, 5) is 16.2. The van der Waals surface area contributed by atoms with Gasteiger partial charge in [-0.15, -0.1) is 5.10 Å². The highest BCUT2D eigenvalue weighted by molar-refractivity contribution is 6.28. The van der Waals surface area contributed by atoms with Crippen LogP contribution in [0.4, 0.5) is 4.39 Å². The van der Waals surface area contributed by atoms with Crippen molar-refractivity contribution in [2.75, 3.05) is 0 Å². The van der Waals surface area contributed by atoms with Gasteiger partial charge in [0.1, 0.15) is 17.7 Å². The molecule has 3 rings (SSSR count). The van der Waals surface area contributed by atoms with Crippen LogP contribution >= 0.6 is 11.6 Å². The topological polar surface area (TPSA) is 47.8 Å². The summed E-state index contributed by atoms with van der Waals surface area (Å²) in [6.07, 6.45) is 2.85. The minimum absolute atomic E-state index is 0.0796. The largest absolute Gasteiger partial charge is 0.291 e. The van der Waals surface area contributed by atoms with Gasteiger partial charge < -0.3 is 0 Å². The molecule has 1 aliphatic carbocycles. The van der Waals surface area contributed by atoms with E-state index >= 15 is 0 Å². The minimum atomic E-state index is -0.683. The Balaban J connectivity index is 1.95. The molecule has 0 N–H and O–H groups in total. The van der Waals surface area contributed by atoms with E-state index in [1.165, 1.54) is 35.3 Å². The molecule has 0 bridgehead atoms. The average Bonchev–Trinajstić information content (AvgIpc) is 3.07. The summed E-state index contributed by atoms with van der Waals surface area (Å²) in [6, 6.07) is 5.52. The number of rotatable bonds is 3. The molecule has 1 aromatic carbocycles. The lowest BCUT2D eigenvalue weighted by molar-refractivity contribution is 0.0896. The third-order valence-electron chi connectivity index (χ3n) is 3.16. The van der Waals surface area contributed by atoms with E-state index in [9.17, 15) is 9.18 Å². The molecule has 0 unspecified atom stereocenters. The Kier molecular flexibility index (Phi) is 2.45. The van der Waals surface area contributed by atoms with Crippen LogP contribution in [0.25, 0.3) is 0 Å². The average molecular weight is 266 g/mol. The highest BCUT2D eigenvalue weighted by atomic mass is 35.5. The molecule has 0 radical (unpaired) electrons. The molecule has 1 saturated carbocycles. The number of ketones is 1. The van der Waals surface area contributed by atoms with Crippen molar-refractivity contribution in [3.63, 3.8) is 0 Å². The maximum atomic E-state index is 12.8. The SMILES string of the molecule is O=C(c1ccc(F)cc1)C1(n2cnc(Cl)n2)CC1. The molecule has 0 aliphatic heterocycles. The van der Waals surface area contributed by atoms with Gasteiger partial charge in [-0.25, -0.2) is 14.1 Å². The molecule has 1 aromatic heterocycles. The predicted octanol–water partition coefficient (Wildman–Crippen LogP) is 2.44. The van der Waals surface area contributed by atoms with Crippen molar-refractivity contribution in [2.24, 2.45) is 0 Å². The second-order valence-electron chi connectivity index (χ2n) is 4.33. The molecule has 4 nitrogen and oxygen atoms in total. The zero-order valence-corrected chi connectivity index (χ0v) is 10.1. The number of hydrogen-bond acceptors (Lipinski definition) is 3. The lowest BCUT2D eigenvalue weighted by Gasteiger charge is -2.13. The standard InChI is InChI=1S/C12H9ClFN3O/c13-11-15-7-17(16-11)12(5-6-12)10(18)8-1-3-9(14)4-2-8/h1-4,7H,5-6H2. The van der Waals surface area contributed by atoms with Gasteiger partial charge in [-0.05, 0) is 48.7 Å². The van der Waals surface area contributed by atoms with E-state index in [0.717, 1.165) is 0 Å². The maximum absolute atomic E-state index is 12.8. The molecule has 0 saturated heterocycles. The van der Waals surface area contributed by atoms with Crippen LogP contribution in [0.2, 0.25) is 5.28 Å². The fraction of sp³-hybridized carbons (Fsp3) is 0.250. The number of nitrogens with zero attached hydrogens (tertiary/aromatic N) is 3. The van der Waals surface area contributed by atoms with Gasteiger partial charge in [-0.1, -0.05) is 0 Å². The molecular formula is C12H9ClFN3O. The van der Waals surface area contributed by atoms with Gasteiger partial charge in [0.2, 0.25) is 5.28 Å².